The first-order chi connectivity index (χ1) is 12.8. The van der Waals surface area contributed by atoms with Crippen LogP contribution in [-0.2, 0) is 9.59 Å². The van der Waals surface area contributed by atoms with Gasteiger partial charge >= 0.3 is 5.97 Å². The molecule has 0 radical (unpaired) electrons. The van der Waals surface area contributed by atoms with E-state index in [4.69, 9.17) is 5.73 Å². The van der Waals surface area contributed by atoms with Gasteiger partial charge in [0, 0.05) is 36.7 Å². The second-order valence-corrected chi connectivity index (χ2v) is 8.99. The number of fused-ring (bicyclic) bond motifs is 1. The monoisotopic (exact) mass is 373 g/mol. The molecular weight excluding hydrogens is 349 g/mol. The van der Waals surface area contributed by atoms with Crippen LogP contribution in [0.3, 0.4) is 0 Å². The lowest BCUT2D eigenvalue weighted by atomic mass is 9.60. The van der Waals surface area contributed by atoms with E-state index in [-0.39, 0.29) is 29.0 Å². The van der Waals surface area contributed by atoms with Crippen LogP contribution in [-0.4, -0.2) is 52.0 Å². The van der Waals surface area contributed by atoms with Crippen LogP contribution in [0.2, 0.25) is 0 Å². The highest BCUT2D eigenvalue weighted by Crippen LogP contribution is 2.52. The summed E-state index contributed by atoms with van der Waals surface area (Å²) in [7, 11) is 0. The van der Waals surface area contributed by atoms with Gasteiger partial charge in [-0.25, -0.2) is 9.18 Å². The number of amides is 1. The predicted octanol–water partition coefficient (Wildman–Crippen LogP) is 1.76. The van der Waals surface area contributed by atoms with Gasteiger partial charge in [-0.1, -0.05) is 6.08 Å². The van der Waals surface area contributed by atoms with Gasteiger partial charge in [-0.2, -0.15) is 0 Å². The molecule has 6 nitrogen and oxygen atoms in total. The Kier molecular flexibility index (Phi) is 3.42. The van der Waals surface area contributed by atoms with Crippen molar-refractivity contribution >= 4 is 11.9 Å². The largest absolute Gasteiger partial charge is 0.478 e. The Bertz CT molecular complexity index is 827. The van der Waals surface area contributed by atoms with Crippen molar-refractivity contribution in [1.82, 2.24) is 9.80 Å². The number of carboxylic acids is 1. The van der Waals surface area contributed by atoms with E-state index in [2.05, 4.69) is 4.90 Å². The van der Waals surface area contributed by atoms with Crippen LogP contribution in [0.25, 0.3) is 0 Å². The van der Waals surface area contributed by atoms with Crippen molar-refractivity contribution in [3.05, 3.63) is 34.9 Å². The minimum atomic E-state index is -1.24. The Morgan fingerprint density at radius 1 is 1.33 bits per heavy atom. The van der Waals surface area contributed by atoms with Crippen LogP contribution in [0.1, 0.15) is 32.6 Å². The van der Waals surface area contributed by atoms with E-state index in [1.807, 2.05) is 6.92 Å². The fraction of sp³-hybridized carbons (Fsp3) is 0.600. The molecule has 0 aromatic carbocycles. The van der Waals surface area contributed by atoms with Crippen molar-refractivity contribution in [2.75, 3.05) is 13.1 Å². The maximum absolute atomic E-state index is 15.0. The number of likely N-dealkylation sites (tertiary alicyclic amines) is 1. The molecule has 2 saturated carbocycles. The van der Waals surface area contributed by atoms with Gasteiger partial charge < -0.3 is 20.6 Å². The summed E-state index contributed by atoms with van der Waals surface area (Å²) in [4.78, 5) is 27.5. The average Bonchev–Trinajstić information content (AvgIpc) is 3.36. The molecule has 27 heavy (non-hydrogen) atoms. The van der Waals surface area contributed by atoms with E-state index in [1.54, 1.807) is 6.08 Å². The van der Waals surface area contributed by atoms with E-state index < -0.39 is 17.7 Å². The van der Waals surface area contributed by atoms with Gasteiger partial charge in [-0.3, -0.25) is 4.79 Å². The number of allylic oxidation sites excluding steroid dienone is 1. The number of carbonyl (C=O) groups is 2. The fourth-order valence-corrected chi connectivity index (χ4v) is 5.62. The second-order valence-electron chi connectivity index (χ2n) is 8.99. The lowest BCUT2D eigenvalue weighted by molar-refractivity contribution is -0.138. The zero-order chi connectivity index (χ0) is 19.1. The Labute approximate surface area is 157 Å². The number of halogens is 1. The van der Waals surface area contributed by atoms with Crippen molar-refractivity contribution in [3.63, 3.8) is 0 Å². The Morgan fingerprint density at radius 2 is 2.00 bits per heavy atom. The zero-order valence-corrected chi connectivity index (χ0v) is 15.3. The smallest absolute Gasteiger partial charge is 0.341 e. The quantitative estimate of drug-likeness (QED) is 0.736. The second kappa shape index (κ2) is 5.44. The molecule has 0 aromatic heterocycles. The van der Waals surface area contributed by atoms with Crippen molar-refractivity contribution in [3.8, 4) is 0 Å². The summed E-state index contributed by atoms with van der Waals surface area (Å²) < 4.78 is 15.0. The summed E-state index contributed by atoms with van der Waals surface area (Å²) in [6.07, 6.45) is 6.86. The molecule has 2 atom stereocenters. The first kappa shape index (κ1) is 17.0. The van der Waals surface area contributed by atoms with Crippen LogP contribution in [0.5, 0.6) is 0 Å². The number of carbonyl (C=O) groups excluding carboxylic acids is 1. The molecule has 7 heteroatoms. The fourth-order valence-electron chi connectivity index (χ4n) is 5.62. The van der Waals surface area contributed by atoms with Gasteiger partial charge in [0.05, 0.1) is 11.7 Å². The highest BCUT2D eigenvalue weighted by atomic mass is 19.1. The summed E-state index contributed by atoms with van der Waals surface area (Å²) in [6.45, 7) is 3.50. The summed E-state index contributed by atoms with van der Waals surface area (Å²) >= 11 is 0. The topological polar surface area (TPSA) is 86.9 Å². The molecule has 3 aliphatic heterocycles. The summed E-state index contributed by atoms with van der Waals surface area (Å²) in [6, 6.07) is -0.0259. The molecule has 0 bridgehead atoms. The third-order valence-electron chi connectivity index (χ3n) is 6.94. The molecule has 144 valence electrons. The summed E-state index contributed by atoms with van der Waals surface area (Å²) in [5, 5.41) is 9.39. The van der Waals surface area contributed by atoms with Crippen LogP contribution in [0, 0.1) is 17.3 Å². The summed E-state index contributed by atoms with van der Waals surface area (Å²) in [5.41, 5.74) is 7.34. The highest BCUT2D eigenvalue weighted by Gasteiger charge is 2.54. The number of hydrogen-bond acceptors (Lipinski definition) is 4. The Balaban J connectivity index is 1.49. The number of aliphatic carboxylic acids is 1. The average molecular weight is 373 g/mol. The third kappa shape index (κ3) is 2.40. The standard InChI is InChI=1S/C20H24FN3O3/c1-10-16-13(11-2-3-11)4-14(19(26)27)18(25)24(16)7-15(21)17(10)23-8-20(9-23)5-12(22)6-20/h4,7,11-13,16H,2-3,5-6,8-9,22H2,1H3,(H,26,27). The van der Waals surface area contributed by atoms with Gasteiger partial charge in [0.1, 0.15) is 5.57 Å². The number of rotatable bonds is 3. The molecule has 2 unspecified atom stereocenters. The molecule has 3 fully saturated rings. The number of nitrogens with zero attached hydrogens (tertiary/aromatic N) is 2. The number of hydrogen-bond donors (Lipinski definition) is 2. The van der Waals surface area contributed by atoms with Crippen molar-refractivity contribution in [1.29, 1.82) is 0 Å². The van der Waals surface area contributed by atoms with E-state index in [1.165, 1.54) is 11.1 Å². The molecule has 1 spiro atoms. The van der Waals surface area contributed by atoms with Crippen LogP contribution in [0.4, 0.5) is 4.39 Å². The minimum absolute atomic E-state index is 0.0690. The van der Waals surface area contributed by atoms with Gasteiger partial charge in [-0.15, -0.1) is 0 Å². The minimum Gasteiger partial charge on any atom is -0.478 e. The Morgan fingerprint density at radius 3 is 2.56 bits per heavy atom. The Hall–Kier alpha value is -2.15. The molecule has 0 aromatic rings. The first-order valence-electron chi connectivity index (χ1n) is 9.66. The maximum atomic E-state index is 15.0. The van der Waals surface area contributed by atoms with E-state index in [0.717, 1.165) is 44.3 Å². The number of carboxylic acid groups (broad SMARTS) is 1. The van der Waals surface area contributed by atoms with Gasteiger partial charge in [0.25, 0.3) is 5.91 Å². The normalized spacial score (nSPS) is 32.6. The van der Waals surface area contributed by atoms with Crippen molar-refractivity contribution < 1.29 is 19.1 Å². The van der Waals surface area contributed by atoms with Gasteiger partial charge in [0.2, 0.25) is 0 Å². The van der Waals surface area contributed by atoms with Gasteiger partial charge in [-0.05, 0) is 44.1 Å². The van der Waals surface area contributed by atoms with E-state index >= 15 is 4.39 Å². The van der Waals surface area contributed by atoms with Crippen molar-refractivity contribution in [2.24, 2.45) is 23.0 Å². The SMILES string of the molecule is CC1=C(N2CC3(CC(N)C3)C2)C(F)=CN2C(=O)C(C(=O)O)=CC(C3CC3)C12. The van der Waals surface area contributed by atoms with Crippen LogP contribution >= 0.6 is 0 Å². The first-order valence-corrected chi connectivity index (χ1v) is 9.66. The maximum Gasteiger partial charge on any atom is 0.341 e. The lowest BCUT2D eigenvalue weighted by Gasteiger charge is -2.60. The van der Waals surface area contributed by atoms with Crippen LogP contribution < -0.4 is 5.73 Å². The van der Waals surface area contributed by atoms with Crippen LogP contribution in [0.15, 0.2) is 34.9 Å². The third-order valence-corrected chi connectivity index (χ3v) is 6.94. The number of nitrogens with two attached hydrogens (primary N) is 1. The van der Waals surface area contributed by atoms with Gasteiger partial charge in [0.15, 0.2) is 5.83 Å². The van der Waals surface area contributed by atoms with Crippen molar-refractivity contribution in [2.45, 2.75) is 44.7 Å². The van der Waals surface area contributed by atoms with E-state index in [9.17, 15) is 14.7 Å². The molecule has 3 N–H and O–H groups in total. The molecule has 3 heterocycles. The van der Waals surface area contributed by atoms with E-state index in [0.29, 0.717) is 11.6 Å². The molecular formula is C20H24FN3O3. The molecule has 1 amide bonds. The molecule has 1 saturated heterocycles. The molecule has 5 rings (SSSR count). The highest BCUT2D eigenvalue weighted by molar-refractivity contribution is 6.16. The predicted molar refractivity (Wildman–Crippen MR) is 95.7 cm³/mol. The molecule has 5 aliphatic rings. The summed E-state index contributed by atoms with van der Waals surface area (Å²) in [5.74, 6) is -2.02. The lowest BCUT2D eigenvalue weighted by Crippen LogP contribution is -2.65. The molecule has 2 aliphatic carbocycles. The zero-order valence-electron chi connectivity index (χ0n) is 15.3.